The van der Waals surface area contributed by atoms with Crippen molar-refractivity contribution >= 4 is 27.9 Å². The van der Waals surface area contributed by atoms with Crippen LogP contribution in [0.2, 0.25) is 0 Å². The molecule has 2 amide bonds. The number of carbonyl (C=O) groups is 2. The van der Waals surface area contributed by atoms with E-state index in [1.807, 2.05) is 20.8 Å². The number of nitrogens with one attached hydrogen (secondary N) is 1. The average molecular weight is 356 g/mol. The number of amides is 2. The Hall–Kier alpha value is -1.63. The van der Waals surface area contributed by atoms with Crippen LogP contribution in [0.5, 0.6) is 0 Å². The van der Waals surface area contributed by atoms with Gasteiger partial charge in [0.05, 0.1) is 11.6 Å². The summed E-state index contributed by atoms with van der Waals surface area (Å²) in [5, 5.41) is 2.86. The van der Waals surface area contributed by atoms with Crippen LogP contribution in [-0.2, 0) is 4.74 Å². The summed E-state index contributed by atoms with van der Waals surface area (Å²) < 4.78 is 6.00. The Morgan fingerprint density at radius 2 is 2.05 bits per heavy atom. The fraction of sp³-hybridized carbons (Fsp3) is 0.500. The number of hydrogen-bond acceptors (Lipinski definition) is 4. The highest BCUT2D eigenvalue weighted by molar-refractivity contribution is 9.10. The number of pyridine rings is 1. The molecule has 1 aromatic heterocycles. The van der Waals surface area contributed by atoms with Gasteiger partial charge in [-0.05, 0) is 42.8 Å². The number of aromatic nitrogens is 1. The number of likely N-dealkylation sites (tertiary alicyclic amines) is 1. The minimum absolute atomic E-state index is 0.0519. The standard InChI is InChI=1S/C14H18BrN3O3/c1-14(2,3)21-13(20)18-7-11(8-18)17-12(19)9-4-10(15)6-16-5-9/h4-6,11H,7-8H2,1-3H3,(H,17,19). The Morgan fingerprint density at radius 1 is 1.38 bits per heavy atom. The number of hydrogen-bond donors (Lipinski definition) is 1. The van der Waals surface area contributed by atoms with E-state index < -0.39 is 5.60 Å². The number of carbonyl (C=O) groups excluding carboxylic acids is 2. The first-order chi connectivity index (χ1) is 9.74. The lowest BCUT2D eigenvalue weighted by Gasteiger charge is -2.39. The largest absolute Gasteiger partial charge is 0.444 e. The topological polar surface area (TPSA) is 71.5 Å². The van der Waals surface area contributed by atoms with Crippen LogP contribution in [0.25, 0.3) is 0 Å². The van der Waals surface area contributed by atoms with Crippen molar-refractivity contribution < 1.29 is 14.3 Å². The second kappa shape index (κ2) is 6.01. The predicted molar refractivity (Wildman–Crippen MR) is 81.0 cm³/mol. The molecule has 0 bridgehead atoms. The van der Waals surface area contributed by atoms with Crippen LogP contribution in [0.3, 0.4) is 0 Å². The zero-order valence-electron chi connectivity index (χ0n) is 12.2. The van der Waals surface area contributed by atoms with Crippen LogP contribution in [0, 0.1) is 0 Å². The molecular formula is C14H18BrN3O3. The van der Waals surface area contributed by atoms with E-state index in [1.54, 1.807) is 17.2 Å². The molecule has 1 saturated heterocycles. The van der Waals surface area contributed by atoms with Gasteiger partial charge in [0.2, 0.25) is 0 Å². The molecule has 7 heteroatoms. The third-order valence-corrected chi connectivity index (χ3v) is 3.27. The molecule has 0 aromatic carbocycles. The maximum Gasteiger partial charge on any atom is 0.410 e. The fourth-order valence-corrected chi connectivity index (χ4v) is 2.22. The molecule has 6 nitrogen and oxygen atoms in total. The summed E-state index contributed by atoms with van der Waals surface area (Å²) in [6, 6.07) is 1.65. The number of nitrogens with zero attached hydrogens (tertiary/aromatic N) is 2. The molecule has 0 unspecified atom stereocenters. The van der Waals surface area contributed by atoms with Crippen molar-refractivity contribution in [2.24, 2.45) is 0 Å². The van der Waals surface area contributed by atoms with Crippen molar-refractivity contribution in [3.05, 3.63) is 28.5 Å². The first kappa shape index (κ1) is 15.8. The Kier molecular flexibility index (Phi) is 4.51. The van der Waals surface area contributed by atoms with Gasteiger partial charge in [0.25, 0.3) is 5.91 Å². The quantitative estimate of drug-likeness (QED) is 0.882. The smallest absolute Gasteiger partial charge is 0.410 e. The second-order valence-electron chi connectivity index (χ2n) is 5.95. The Labute approximate surface area is 132 Å². The minimum atomic E-state index is -0.507. The first-order valence-electron chi connectivity index (χ1n) is 6.64. The zero-order chi connectivity index (χ0) is 15.6. The monoisotopic (exact) mass is 355 g/mol. The Bertz CT molecular complexity index is 551. The lowest BCUT2D eigenvalue weighted by Crippen LogP contribution is -2.61. The highest BCUT2D eigenvalue weighted by Crippen LogP contribution is 2.16. The molecule has 2 rings (SSSR count). The predicted octanol–water partition coefficient (Wildman–Crippen LogP) is 2.19. The SMILES string of the molecule is CC(C)(C)OC(=O)N1CC(NC(=O)c2cncc(Br)c2)C1. The highest BCUT2D eigenvalue weighted by Gasteiger charge is 2.34. The summed E-state index contributed by atoms with van der Waals surface area (Å²) in [5.74, 6) is -0.197. The summed E-state index contributed by atoms with van der Waals surface area (Å²) in [5.41, 5.74) is -0.0203. The third kappa shape index (κ3) is 4.42. The maximum atomic E-state index is 12.0. The Balaban J connectivity index is 1.80. The molecule has 1 aliphatic heterocycles. The summed E-state index contributed by atoms with van der Waals surface area (Å²) in [7, 11) is 0. The molecule has 0 spiro atoms. The highest BCUT2D eigenvalue weighted by atomic mass is 79.9. The number of rotatable bonds is 2. The van der Waals surface area contributed by atoms with Gasteiger partial charge in [0.15, 0.2) is 0 Å². The normalized spacial score (nSPS) is 15.3. The van der Waals surface area contributed by atoms with Crippen LogP contribution in [0.15, 0.2) is 22.9 Å². The van der Waals surface area contributed by atoms with Crippen LogP contribution in [0.1, 0.15) is 31.1 Å². The van der Waals surface area contributed by atoms with Crippen LogP contribution in [0.4, 0.5) is 4.79 Å². The molecule has 0 aliphatic carbocycles. The Morgan fingerprint density at radius 3 is 2.62 bits per heavy atom. The third-order valence-electron chi connectivity index (χ3n) is 2.84. The van der Waals surface area contributed by atoms with Crippen LogP contribution >= 0.6 is 15.9 Å². The molecule has 2 heterocycles. The summed E-state index contributed by atoms with van der Waals surface area (Å²) in [6.45, 7) is 6.39. The van der Waals surface area contributed by atoms with E-state index >= 15 is 0 Å². The summed E-state index contributed by atoms with van der Waals surface area (Å²) in [6.07, 6.45) is 2.77. The van der Waals surface area contributed by atoms with Gasteiger partial charge in [-0.25, -0.2) is 4.79 Å². The summed E-state index contributed by atoms with van der Waals surface area (Å²) >= 11 is 3.27. The zero-order valence-corrected chi connectivity index (χ0v) is 13.8. The van der Waals surface area contributed by atoms with E-state index in [1.165, 1.54) is 6.20 Å². The van der Waals surface area contributed by atoms with Crippen molar-refractivity contribution in [1.29, 1.82) is 0 Å². The average Bonchev–Trinajstić information content (AvgIpc) is 2.30. The number of halogens is 1. The molecule has 1 N–H and O–H groups in total. The van der Waals surface area contributed by atoms with E-state index in [0.29, 0.717) is 18.7 Å². The van der Waals surface area contributed by atoms with Crippen molar-refractivity contribution in [2.75, 3.05) is 13.1 Å². The van der Waals surface area contributed by atoms with E-state index in [9.17, 15) is 9.59 Å². The van der Waals surface area contributed by atoms with E-state index in [0.717, 1.165) is 4.47 Å². The lowest BCUT2D eigenvalue weighted by atomic mass is 10.1. The molecule has 0 atom stereocenters. The summed E-state index contributed by atoms with van der Waals surface area (Å²) in [4.78, 5) is 29.3. The molecule has 0 radical (unpaired) electrons. The molecule has 114 valence electrons. The van der Waals surface area contributed by atoms with Gasteiger partial charge in [0.1, 0.15) is 5.60 Å². The van der Waals surface area contributed by atoms with Gasteiger partial charge in [-0.2, -0.15) is 0 Å². The van der Waals surface area contributed by atoms with Gasteiger partial charge in [-0.15, -0.1) is 0 Å². The lowest BCUT2D eigenvalue weighted by molar-refractivity contribution is 0.00533. The maximum absolute atomic E-state index is 12.0. The molecule has 1 aliphatic rings. The van der Waals surface area contributed by atoms with E-state index in [-0.39, 0.29) is 18.0 Å². The van der Waals surface area contributed by atoms with Gasteiger partial charge >= 0.3 is 6.09 Å². The molecular weight excluding hydrogens is 338 g/mol. The van der Waals surface area contributed by atoms with Crippen LogP contribution in [-0.4, -0.2) is 46.6 Å². The molecule has 1 fully saturated rings. The van der Waals surface area contributed by atoms with Crippen molar-refractivity contribution in [2.45, 2.75) is 32.4 Å². The molecule has 0 saturated carbocycles. The van der Waals surface area contributed by atoms with E-state index in [4.69, 9.17) is 4.74 Å². The number of ether oxygens (including phenoxy) is 1. The minimum Gasteiger partial charge on any atom is -0.444 e. The van der Waals surface area contributed by atoms with E-state index in [2.05, 4.69) is 26.2 Å². The van der Waals surface area contributed by atoms with Crippen molar-refractivity contribution in [1.82, 2.24) is 15.2 Å². The van der Waals surface area contributed by atoms with Crippen molar-refractivity contribution in [3.63, 3.8) is 0 Å². The van der Waals surface area contributed by atoms with Gasteiger partial charge < -0.3 is 15.0 Å². The first-order valence-corrected chi connectivity index (χ1v) is 7.43. The van der Waals surface area contributed by atoms with Gasteiger partial charge in [0, 0.05) is 30.0 Å². The van der Waals surface area contributed by atoms with Crippen LogP contribution < -0.4 is 5.32 Å². The fourth-order valence-electron chi connectivity index (χ4n) is 1.85. The van der Waals surface area contributed by atoms with Gasteiger partial charge in [-0.3, -0.25) is 9.78 Å². The molecule has 21 heavy (non-hydrogen) atoms. The molecule has 1 aromatic rings. The van der Waals surface area contributed by atoms with Gasteiger partial charge in [-0.1, -0.05) is 0 Å². The van der Waals surface area contributed by atoms with Crippen molar-refractivity contribution in [3.8, 4) is 0 Å². The second-order valence-corrected chi connectivity index (χ2v) is 6.86.